The summed E-state index contributed by atoms with van der Waals surface area (Å²) < 4.78 is 13.6. The Balaban J connectivity index is 1.70. The molecule has 2 aromatic rings. The van der Waals surface area contributed by atoms with Gasteiger partial charge in [0.15, 0.2) is 0 Å². The normalized spacial score (nSPS) is 20.5. The number of likely N-dealkylation sites (N-methyl/N-ethyl adjacent to an activating group) is 1. The van der Waals surface area contributed by atoms with Crippen molar-refractivity contribution >= 4 is 29.1 Å². The summed E-state index contributed by atoms with van der Waals surface area (Å²) in [6.07, 6.45) is 0.759. The summed E-state index contributed by atoms with van der Waals surface area (Å²) in [5.74, 6) is -1.11. The van der Waals surface area contributed by atoms with E-state index in [4.69, 9.17) is 0 Å². The predicted octanol–water partition coefficient (Wildman–Crippen LogP) is 3.18. The molecule has 4 rings (SSSR count). The summed E-state index contributed by atoms with van der Waals surface area (Å²) in [7, 11) is 0. The van der Waals surface area contributed by atoms with Gasteiger partial charge in [0.2, 0.25) is 11.8 Å². The Morgan fingerprint density at radius 2 is 1.93 bits per heavy atom. The van der Waals surface area contributed by atoms with Crippen LogP contribution in [0.5, 0.6) is 0 Å². The first-order valence-electron chi connectivity index (χ1n) is 9.67. The second-order valence-electron chi connectivity index (χ2n) is 7.47. The molecule has 1 saturated heterocycles. The van der Waals surface area contributed by atoms with E-state index >= 15 is 0 Å². The number of hydrogen-bond donors (Lipinski definition) is 0. The second kappa shape index (κ2) is 6.99. The molecule has 1 atom stereocenters. The molecule has 0 radical (unpaired) electrons. The molecule has 2 heterocycles. The highest BCUT2D eigenvalue weighted by Crippen LogP contribution is 2.43. The van der Waals surface area contributed by atoms with Crippen LogP contribution in [-0.4, -0.2) is 41.4 Å². The maximum absolute atomic E-state index is 13.6. The van der Waals surface area contributed by atoms with Gasteiger partial charge >= 0.3 is 0 Å². The number of carbonyl (C=O) groups is 3. The van der Waals surface area contributed by atoms with Crippen molar-refractivity contribution in [2.24, 2.45) is 0 Å². The molecule has 0 N–H and O–H groups in total. The Morgan fingerprint density at radius 1 is 1.17 bits per heavy atom. The molecular formula is C22H22FN3O3. The van der Waals surface area contributed by atoms with E-state index in [-0.39, 0.29) is 24.3 Å². The number of rotatable bonds is 4. The molecule has 6 nitrogen and oxygen atoms in total. The number of para-hydroxylation sites is 1. The van der Waals surface area contributed by atoms with Crippen molar-refractivity contribution < 1.29 is 18.8 Å². The number of benzene rings is 2. The zero-order valence-corrected chi connectivity index (χ0v) is 16.4. The summed E-state index contributed by atoms with van der Waals surface area (Å²) in [5, 5.41) is 0. The Bertz CT molecular complexity index is 1010. The molecule has 0 saturated carbocycles. The Labute approximate surface area is 168 Å². The van der Waals surface area contributed by atoms with Gasteiger partial charge in [0, 0.05) is 18.7 Å². The third-order valence-corrected chi connectivity index (χ3v) is 5.78. The van der Waals surface area contributed by atoms with Gasteiger partial charge in [0.25, 0.3) is 5.91 Å². The van der Waals surface area contributed by atoms with Gasteiger partial charge in [-0.2, -0.15) is 0 Å². The Hall–Kier alpha value is -3.22. The largest absolute Gasteiger partial charge is 0.311 e. The number of nitrogens with zero attached hydrogens (tertiary/aromatic N) is 3. The van der Waals surface area contributed by atoms with Crippen LogP contribution < -0.4 is 9.80 Å². The van der Waals surface area contributed by atoms with Crippen LogP contribution in [0.15, 0.2) is 48.5 Å². The molecule has 0 unspecified atom stereocenters. The van der Waals surface area contributed by atoms with Crippen molar-refractivity contribution in [3.8, 4) is 0 Å². The van der Waals surface area contributed by atoms with Crippen molar-refractivity contribution in [1.82, 2.24) is 4.90 Å². The summed E-state index contributed by atoms with van der Waals surface area (Å²) >= 11 is 0. The minimum atomic E-state index is -0.903. The number of carbonyl (C=O) groups excluding carboxylic acids is 3. The molecule has 2 aliphatic heterocycles. The molecule has 7 heteroatoms. The van der Waals surface area contributed by atoms with Gasteiger partial charge in [-0.1, -0.05) is 18.2 Å². The van der Waals surface area contributed by atoms with Crippen LogP contribution in [0.3, 0.4) is 0 Å². The summed E-state index contributed by atoms with van der Waals surface area (Å²) in [4.78, 5) is 43.6. The lowest BCUT2D eigenvalue weighted by molar-refractivity contribution is -0.121. The first kappa shape index (κ1) is 19.1. The van der Waals surface area contributed by atoms with E-state index in [0.29, 0.717) is 36.3 Å². The fourth-order valence-electron chi connectivity index (χ4n) is 4.31. The number of amides is 3. The van der Waals surface area contributed by atoms with Gasteiger partial charge in [-0.25, -0.2) is 4.39 Å². The molecule has 29 heavy (non-hydrogen) atoms. The topological polar surface area (TPSA) is 60.9 Å². The predicted molar refractivity (Wildman–Crippen MR) is 107 cm³/mol. The highest BCUT2D eigenvalue weighted by molar-refractivity contribution is 6.11. The Kier molecular flexibility index (Phi) is 4.61. The number of fused-ring (bicyclic) bond motifs is 3. The molecule has 150 valence electrons. The van der Waals surface area contributed by atoms with Crippen LogP contribution >= 0.6 is 0 Å². The molecule has 0 spiro atoms. The zero-order chi connectivity index (χ0) is 20.8. The standard InChI is InChI=1S/C22H22FN3O3/c1-3-24(16-8-6-7-15(23)13-16)20(28)14-25-21(29)17-9-4-5-10-18(17)26-19(27)11-12-22(25,26)2/h4-10,13H,3,11-12,14H2,1-2H3/t22-/m0/s1. The third kappa shape index (κ3) is 2.97. The summed E-state index contributed by atoms with van der Waals surface area (Å²) in [6.45, 7) is 3.75. The van der Waals surface area contributed by atoms with Gasteiger partial charge in [-0.15, -0.1) is 0 Å². The minimum absolute atomic E-state index is 0.0672. The van der Waals surface area contributed by atoms with Gasteiger partial charge in [0.05, 0.1) is 11.3 Å². The molecule has 0 bridgehead atoms. The quantitative estimate of drug-likeness (QED) is 0.799. The molecule has 2 aromatic carbocycles. The van der Waals surface area contributed by atoms with E-state index in [9.17, 15) is 18.8 Å². The van der Waals surface area contributed by atoms with E-state index in [2.05, 4.69) is 0 Å². The van der Waals surface area contributed by atoms with Crippen molar-refractivity contribution in [2.75, 3.05) is 22.9 Å². The SMILES string of the molecule is CCN(C(=O)CN1C(=O)c2ccccc2N2C(=O)CC[C@@]12C)c1cccc(F)c1. The average molecular weight is 395 g/mol. The fraction of sp³-hybridized carbons (Fsp3) is 0.318. The van der Waals surface area contributed by atoms with Gasteiger partial charge in [-0.3, -0.25) is 19.3 Å². The van der Waals surface area contributed by atoms with E-state index in [1.54, 1.807) is 48.2 Å². The Morgan fingerprint density at radius 3 is 2.66 bits per heavy atom. The highest BCUT2D eigenvalue weighted by atomic mass is 19.1. The number of halogens is 1. The summed E-state index contributed by atoms with van der Waals surface area (Å²) in [5.41, 5.74) is 0.525. The molecule has 0 aliphatic carbocycles. The first-order chi connectivity index (χ1) is 13.9. The van der Waals surface area contributed by atoms with Crippen molar-refractivity contribution in [3.63, 3.8) is 0 Å². The van der Waals surface area contributed by atoms with Gasteiger partial charge in [0.1, 0.15) is 18.0 Å². The van der Waals surface area contributed by atoms with Gasteiger partial charge in [-0.05, 0) is 50.6 Å². The van der Waals surface area contributed by atoms with E-state index in [1.165, 1.54) is 21.9 Å². The van der Waals surface area contributed by atoms with Crippen LogP contribution in [0, 0.1) is 5.82 Å². The molecule has 3 amide bonds. The van der Waals surface area contributed by atoms with Crippen LogP contribution in [0.2, 0.25) is 0 Å². The van der Waals surface area contributed by atoms with E-state index in [1.807, 2.05) is 6.92 Å². The average Bonchev–Trinajstić information content (AvgIpc) is 3.01. The monoisotopic (exact) mass is 395 g/mol. The molecule has 2 aliphatic rings. The second-order valence-corrected chi connectivity index (χ2v) is 7.47. The first-order valence-corrected chi connectivity index (χ1v) is 9.67. The molecular weight excluding hydrogens is 373 g/mol. The van der Waals surface area contributed by atoms with Crippen molar-refractivity contribution in [1.29, 1.82) is 0 Å². The van der Waals surface area contributed by atoms with Gasteiger partial charge < -0.3 is 9.80 Å². The van der Waals surface area contributed by atoms with Crippen molar-refractivity contribution in [3.05, 3.63) is 59.9 Å². The number of anilines is 2. The van der Waals surface area contributed by atoms with E-state index in [0.717, 1.165) is 0 Å². The van der Waals surface area contributed by atoms with Crippen LogP contribution in [0.1, 0.15) is 37.0 Å². The van der Waals surface area contributed by atoms with Crippen molar-refractivity contribution in [2.45, 2.75) is 32.4 Å². The maximum Gasteiger partial charge on any atom is 0.258 e. The molecule has 0 aromatic heterocycles. The fourth-order valence-corrected chi connectivity index (χ4v) is 4.31. The summed E-state index contributed by atoms with van der Waals surface area (Å²) in [6, 6.07) is 12.8. The lowest BCUT2D eigenvalue weighted by Gasteiger charge is -2.48. The smallest absolute Gasteiger partial charge is 0.258 e. The zero-order valence-electron chi connectivity index (χ0n) is 16.4. The highest BCUT2D eigenvalue weighted by Gasteiger charge is 2.53. The lowest BCUT2D eigenvalue weighted by Crippen LogP contribution is -2.64. The maximum atomic E-state index is 13.6. The number of hydrogen-bond acceptors (Lipinski definition) is 3. The van der Waals surface area contributed by atoms with E-state index < -0.39 is 11.5 Å². The lowest BCUT2D eigenvalue weighted by atomic mass is 9.98. The molecule has 1 fully saturated rings. The van der Waals surface area contributed by atoms with Crippen LogP contribution in [-0.2, 0) is 9.59 Å². The van der Waals surface area contributed by atoms with Crippen LogP contribution in [0.4, 0.5) is 15.8 Å². The minimum Gasteiger partial charge on any atom is -0.311 e. The van der Waals surface area contributed by atoms with Crippen LogP contribution in [0.25, 0.3) is 0 Å². The third-order valence-electron chi connectivity index (χ3n) is 5.78.